The largest absolute Gasteiger partial charge is 0.408 e. The standard InChI is InChI=1S/C13H12BrN3O2/c1-7-3-2-4-9(10(7)14)11(18)15-13-17-16-12(19-13)8-5-6-8/h2-4,8H,5-6H2,1H3,(H,15,17,18). The van der Waals surface area contributed by atoms with E-state index >= 15 is 0 Å². The average molecular weight is 322 g/mol. The molecule has 1 fully saturated rings. The van der Waals surface area contributed by atoms with Gasteiger partial charge in [-0.25, -0.2) is 0 Å². The molecule has 0 bridgehead atoms. The maximum atomic E-state index is 12.1. The molecule has 1 aromatic heterocycles. The van der Waals surface area contributed by atoms with Crippen LogP contribution in [0.4, 0.5) is 6.01 Å². The predicted octanol–water partition coefficient (Wildman–Crippen LogP) is 3.27. The Hall–Kier alpha value is -1.69. The lowest BCUT2D eigenvalue weighted by Crippen LogP contribution is -2.13. The number of aromatic nitrogens is 2. The smallest absolute Gasteiger partial charge is 0.322 e. The molecule has 0 saturated heterocycles. The Kier molecular flexibility index (Phi) is 3.10. The number of benzene rings is 1. The van der Waals surface area contributed by atoms with Crippen molar-refractivity contribution in [2.45, 2.75) is 25.7 Å². The van der Waals surface area contributed by atoms with Crippen LogP contribution in [0.15, 0.2) is 27.1 Å². The van der Waals surface area contributed by atoms with Crippen LogP contribution in [0.1, 0.15) is 40.6 Å². The van der Waals surface area contributed by atoms with Gasteiger partial charge in [0.1, 0.15) is 0 Å². The lowest BCUT2D eigenvalue weighted by atomic mass is 10.1. The molecule has 0 radical (unpaired) electrons. The summed E-state index contributed by atoms with van der Waals surface area (Å²) in [6, 6.07) is 5.65. The third kappa shape index (κ3) is 2.53. The van der Waals surface area contributed by atoms with E-state index in [4.69, 9.17) is 4.42 Å². The molecule has 1 heterocycles. The van der Waals surface area contributed by atoms with Crippen LogP contribution >= 0.6 is 15.9 Å². The summed E-state index contributed by atoms with van der Waals surface area (Å²) in [5, 5.41) is 10.4. The van der Waals surface area contributed by atoms with Gasteiger partial charge in [-0.05, 0) is 47.3 Å². The first-order valence-electron chi connectivity index (χ1n) is 6.05. The number of nitrogens with zero attached hydrogens (tertiary/aromatic N) is 2. The molecular formula is C13H12BrN3O2. The highest BCUT2D eigenvalue weighted by molar-refractivity contribution is 9.10. The molecule has 1 aliphatic carbocycles. The fourth-order valence-electron chi connectivity index (χ4n) is 1.77. The second-order valence-electron chi connectivity index (χ2n) is 4.61. The van der Waals surface area contributed by atoms with Crippen LogP contribution in [0.5, 0.6) is 0 Å². The molecule has 0 unspecified atom stereocenters. The van der Waals surface area contributed by atoms with Crippen molar-refractivity contribution in [3.63, 3.8) is 0 Å². The van der Waals surface area contributed by atoms with Crippen molar-refractivity contribution < 1.29 is 9.21 Å². The number of aryl methyl sites for hydroxylation is 1. The van der Waals surface area contributed by atoms with Crippen LogP contribution in [0.2, 0.25) is 0 Å². The van der Waals surface area contributed by atoms with Gasteiger partial charge in [-0.3, -0.25) is 10.1 Å². The fourth-order valence-corrected chi connectivity index (χ4v) is 2.21. The first-order chi connectivity index (χ1) is 9.15. The van der Waals surface area contributed by atoms with Gasteiger partial charge in [-0.1, -0.05) is 17.2 Å². The molecule has 19 heavy (non-hydrogen) atoms. The number of carbonyl (C=O) groups excluding carboxylic acids is 1. The summed E-state index contributed by atoms with van der Waals surface area (Å²) in [6.07, 6.45) is 2.16. The van der Waals surface area contributed by atoms with Gasteiger partial charge >= 0.3 is 6.01 Å². The van der Waals surface area contributed by atoms with Crippen molar-refractivity contribution in [2.24, 2.45) is 0 Å². The second-order valence-corrected chi connectivity index (χ2v) is 5.40. The van der Waals surface area contributed by atoms with E-state index in [9.17, 15) is 4.79 Å². The molecule has 1 N–H and O–H groups in total. The van der Waals surface area contributed by atoms with E-state index in [1.54, 1.807) is 6.07 Å². The van der Waals surface area contributed by atoms with Gasteiger partial charge in [0.25, 0.3) is 5.91 Å². The number of amides is 1. The van der Waals surface area contributed by atoms with E-state index < -0.39 is 0 Å². The molecule has 3 rings (SSSR count). The minimum Gasteiger partial charge on any atom is -0.408 e. The number of rotatable bonds is 3. The third-order valence-corrected chi connectivity index (χ3v) is 4.08. The summed E-state index contributed by atoms with van der Waals surface area (Å²) in [4.78, 5) is 12.1. The normalized spacial score (nSPS) is 14.4. The summed E-state index contributed by atoms with van der Waals surface area (Å²) in [5.74, 6) is 0.726. The molecule has 2 aromatic rings. The highest BCUT2D eigenvalue weighted by Gasteiger charge is 2.29. The van der Waals surface area contributed by atoms with E-state index in [2.05, 4.69) is 31.4 Å². The maximum Gasteiger partial charge on any atom is 0.322 e. The Morgan fingerprint density at radius 3 is 2.95 bits per heavy atom. The molecule has 0 atom stereocenters. The lowest BCUT2D eigenvalue weighted by Gasteiger charge is -2.05. The number of anilines is 1. The molecule has 0 aliphatic heterocycles. The van der Waals surface area contributed by atoms with Crippen molar-refractivity contribution in [1.82, 2.24) is 10.2 Å². The number of halogens is 1. The Morgan fingerprint density at radius 1 is 1.42 bits per heavy atom. The molecule has 1 amide bonds. The molecule has 1 aliphatic rings. The summed E-state index contributed by atoms with van der Waals surface area (Å²) >= 11 is 3.41. The van der Waals surface area contributed by atoms with Crippen LogP contribution in [0.3, 0.4) is 0 Å². The van der Waals surface area contributed by atoms with Crippen LogP contribution in [0.25, 0.3) is 0 Å². The maximum absolute atomic E-state index is 12.1. The highest BCUT2D eigenvalue weighted by Crippen LogP contribution is 2.39. The Balaban J connectivity index is 1.78. The van der Waals surface area contributed by atoms with Crippen molar-refractivity contribution in [2.75, 3.05) is 5.32 Å². The molecule has 1 aromatic carbocycles. The van der Waals surface area contributed by atoms with E-state index in [0.717, 1.165) is 22.9 Å². The van der Waals surface area contributed by atoms with E-state index in [0.29, 0.717) is 17.4 Å². The zero-order valence-corrected chi connectivity index (χ0v) is 11.9. The van der Waals surface area contributed by atoms with Crippen LogP contribution in [0, 0.1) is 6.92 Å². The van der Waals surface area contributed by atoms with Gasteiger partial charge in [0.2, 0.25) is 5.89 Å². The summed E-state index contributed by atoms with van der Waals surface area (Å²) < 4.78 is 6.17. The monoisotopic (exact) mass is 321 g/mol. The van der Waals surface area contributed by atoms with Gasteiger partial charge in [0, 0.05) is 10.4 Å². The van der Waals surface area contributed by atoms with Crippen molar-refractivity contribution >= 4 is 27.9 Å². The van der Waals surface area contributed by atoms with E-state index in [1.165, 1.54) is 0 Å². The van der Waals surface area contributed by atoms with Gasteiger partial charge < -0.3 is 4.42 Å². The molecule has 0 spiro atoms. The minimum atomic E-state index is -0.262. The summed E-state index contributed by atoms with van der Waals surface area (Å²) in [5.41, 5.74) is 1.54. The first kappa shape index (κ1) is 12.3. The SMILES string of the molecule is Cc1cccc(C(=O)Nc2nnc(C3CC3)o2)c1Br. The topological polar surface area (TPSA) is 68.0 Å². The summed E-state index contributed by atoms with van der Waals surface area (Å²) in [6.45, 7) is 1.93. The highest BCUT2D eigenvalue weighted by atomic mass is 79.9. The predicted molar refractivity (Wildman–Crippen MR) is 73.1 cm³/mol. The van der Waals surface area contributed by atoms with Crippen LogP contribution < -0.4 is 5.32 Å². The molecular weight excluding hydrogens is 310 g/mol. The third-order valence-electron chi connectivity index (χ3n) is 3.02. The second kappa shape index (κ2) is 4.77. The van der Waals surface area contributed by atoms with Crippen LogP contribution in [-0.2, 0) is 0 Å². The van der Waals surface area contributed by atoms with Crippen molar-refractivity contribution in [1.29, 1.82) is 0 Å². The van der Waals surface area contributed by atoms with Gasteiger partial charge in [0.05, 0.1) is 5.56 Å². The average Bonchev–Trinajstić information content (AvgIpc) is 3.14. The summed E-state index contributed by atoms with van der Waals surface area (Å²) in [7, 11) is 0. The van der Waals surface area contributed by atoms with Gasteiger partial charge in [0.15, 0.2) is 0 Å². The zero-order valence-electron chi connectivity index (χ0n) is 10.3. The van der Waals surface area contributed by atoms with Crippen molar-refractivity contribution in [3.05, 3.63) is 39.7 Å². The quantitative estimate of drug-likeness (QED) is 0.942. The van der Waals surface area contributed by atoms with E-state index in [1.807, 2.05) is 19.1 Å². The number of carbonyl (C=O) groups is 1. The minimum absolute atomic E-state index is 0.153. The number of hydrogen-bond acceptors (Lipinski definition) is 4. The number of hydrogen-bond donors (Lipinski definition) is 1. The van der Waals surface area contributed by atoms with Crippen LogP contribution in [-0.4, -0.2) is 16.1 Å². The zero-order chi connectivity index (χ0) is 13.4. The fraction of sp³-hybridized carbons (Fsp3) is 0.308. The van der Waals surface area contributed by atoms with Crippen molar-refractivity contribution in [3.8, 4) is 0 Å². The number of nitrogens with one attached hydrogen (secondary N) is 1. The molecule has 5 nitrogen and oxygen atoms in total. The Labute approximate surface area is 118 Å². The Bertz CT molecular complexity index is 635. The van der Waals surface area contributed by atoms with Gasteiger partial charge in [-0.15, -0.1) is 5.10 Å². The molecule has 1 saturated carbocycles. The lowest BCUT2D eigenvalue weighted by molar-refractivity contribution is 0.102. The van der Waals surface area contributed by atoms with Gasteiger partial charge in [-0.2, -0.15) is 0 Å². The first-order valence-corrected chi connectivity index (χ1v) is 6.84. The molecule has 98 valence electrons. The Morgan fingerprint density at radius 2 is 2.21 bits per heavy atom. The molecule has 6 heteroatoms. The van der Waals surface area contributed by atoms with E-state index in [-0.39, 0.29) is 11.9 Å².